The number of cyclic esters (lactones) is 1. The van der Waals surface area contributed by atoms with Crippen LogP contribution in [0.15, 0.2) is 48.2 Å². The molecule has 5 aliphatic heterocycles. The van der Waals surface area contributed by atoms with Gasteiger partial charge in [-0.1, -0.05) is 13.0 Å². The number of carbonyl (C=O) groups excluding carboxylic acids is 7. The predicted molar refractivity (Wildman–Crippen MR) is 204 cm³/mol. The van der Waals surface area contributed by atoms with E-state index in [1.54, 1.807) is 12.1 Å². The highest BCUT2D eigenvalue weighted by atomic mass is 19.1. The fourth-order valence-electron chi connectivity index (χ4n) is 8.11. The van der Waals surface area contributed by atoms with Crippen molar-refractivity contribution < 1.29 is 61.7 Å². The first kappa shape index (κ1) is 41.8. The number of halogens is 2. The Hall–Kier alpha value is -6.31. The van der Waals surface area contributed by atoms with E-state index in [9.17, 15) is 47.4 Å². The van der Waals surface area contributed by atoms with Crippen molar-refractivity contribution in [1.29, 1.82) is 0 Å². The van der Waals surface area contributed by atoms with Crippen LogP contribution in [-0.2, 0) is 39.9 Å². The van der Waals surface area contributed by atoms with Crippen LogP contribution in [0.2, 0.25) is 0 Å². The highest BCUT2D eigenvalue weighted by Crippen LogP contribution is 2.34. The summed E-state index contributed by atoms with van der Waals surface area (Å²) in [4.78, 5) is 101. The Bertz CT molecular complexity index is 2100. The van der Waals surface area contributed by atoms with Crippen molar-refractivity contribution in [2.24, 2.45) is 5.92 Å². The van der Waals surface area contributed by atoms with Gasteiger partial charge in [-0.05, 0) is 61.9 Å². The van der Waals surface area contributed by atoms with Gasteiger partial charge in [-0.2, -0.15) is 0 Å². The molecule has 0 spiro atoms. The lowest BCUT2D eigenvalue weighted by molar-refractivity contribution is -0.157. The van der Waals surface area contributed by atoms with E-state index >= 15 is 0 Å². The van der Waals surface area contributed by atoms with Crippen LogP contribution in [0, 0.1) is 17.6 Å². The highest BCUT2D eigenvalue weighted by Gasteiger charge is 2.47. The van der Waals surface area contributed by atoms with Crippen molar-refractivity contribution in [2.75, 3.05) is 38.4 Å². The number of allylic oxidation sites excluding steroid dienone is 1. The van der Waals surface area contributed by atoms with Gasteiger partial charge in [0.2, 0.25) is 30.4 Å². The number of nitrogens with one attached hydrogen (secondary N) is 4. The average Bonchev–Trinajstić information content (AvgIpc) is 3.95. The number of nitrogens with zero attached hydrogens (tertiary/aromatic N) is 3. The van der Waals surface area contributed by atoms with Crippen LogP contribution in [0.25, 0.3) is 0 Å². The zero-order valence-electron chi connectivity index (χ0n) is 32.8. The smallest absolute Gasteiger partial charge is 0.328 e. The maximum absolute atomic E-state index is 14.5. The number of urea groups is 1. The van der Waals surface area contributed by atoms with E-state index in [1.165, 1.54) is 28.9 Å². The Kier molecular flexibility index (Phi) is 12.2. The number of amides is 7. The number of hydrogen-bond acceptors (Lipinski definition) is 11. The number of anilines is 1. The summed E-state index contributed by atoms with van der Waals surface area (Å²) >= 11 is 0. The third kappa shape index (κ3) is 9.12. The first-order chi connectivity index (χ1) is 28.6. The molecule has 3 saturated heterocycles. The van der Waals surface area contributed by atoms with Crippen LogP contribution in [0.5, 0.6) is 11.5 Å². The normalized spacial score (nSPS) is 26.3. The average molecular weight is 838 g/mol. The molecule has 18 nitrogen and oxygen atoms in total. The van der Waals surface area contributed by atoms with E-state index in [0.717, 1.165) is 17.0 Å². The molecule has 0 aliphatic carbocycles. The van der Waals surface area contributed by atoms with Crippen LogP contribution in [0.1, 0.15) is 45.1 Å². The molecule has 5 heterocycles. The SMILES string of the molecule is C[C@@H]1C[C@H]2C(=O)OC[C@H](NC(=O)[C@H](Cc3cc(F)cc(F)c3)NC(=O)Nc3ccc4c(c3)OCO4)C(=O)N3C[C@H](O)C[C@H]3C(=O)N3CCCC=C3C(=O)N[C@@H](C)C(=O)N2C1. The number of aliphatic hydroxyl groups excluding tert-OH is 1. The van der Waals surface area contributed by atoms with Gasteiger partial charge in [-0.3, -0.25) is 24.0 Å². The van der Waals surface area contributed by atoms with E-state index in [1.807, 2.05) is 6.92 Å². The summed E-state index contributed by atoms with van der Waals surface area (Å²) < 4.78 is 44.9. The Labute approximate surface area is 342 Å². The maximum atomic E-state index is 14.5. The molecule has 0 unspecified atom stereocenters. The summed E-state index contributed by atoms with van der Waals surface area (Å²) in [6.07, 6.45) is 0.764. The van der Waals surface area contributed by atoms with Gasteiger partial charge in [0, 0.05) is 50.3 Å². The summed E-state index contributed by atoms with van der Waals surface area (Å²) in [5.74, 6) is -6.19. The molecule has 7 atom stereocenters. The lowest BCUT2D eigenvalue weighted by Crippen LogP contribution is -2.60. The van der Waals surface area contributed by atoms with E-state index in [0.29, 0.717) is 30.4 Å². The molecular formula is C40H45F2N7O11. The third-order valence-electron chi connectivity index (χ3n) is 11.0. The summed E-state index contributed by atoms with van der Waals surface area (Å²) in [6, 6.07) is -0.767. The van der Waals surface area contributed by atoms with Crippen molar-refractivity contribution in [2.45, 2.75) is 82.3 Å². The minimum Gasteiger partial charge on any atom is -0.461 e. The molecule has 2 aromatic rings. The Balaban J connectivity index is 1.20. The number of rotatable bonds is 6. The standard InChI is InChI=1S/C40H45F2N7O11/c1-20-9-31-39(56)58-18-28(37(54)49-17-26(50)15-30(49)38(55)47-8-4-3-5-29(47)35(52)43-21(2)36(53)48(31)16-20)45-34(51)27(12-22-10-23(41)13-24(42)11-22)46-40(57)44-25-6-7-32-33(14-25)60-19-59-32/h5-7,10-11,13-14,20-21,26-28,30-31,50H,3-4,8-9,12,15-19H2,1-2H3,(H,43,52)(H,45,51)(H2,44,46,57)/t20-,21+,26-,27+,28+,30+,31+/m1/s1. The van der Waals surface area contributed by atoms with Crippen LogP contribution in [0.4, 0.5) is 19.3 Å². The van der Waals surface area contributed by atoms with Gasteiger partial charge >= 0.3 is 12.0 Å². The molecule has 60 heavy (non-hydrogen) atoms. The lowest BCUT2D eigenvalue weighted by atomic mass is 10.0. The number of ether oxygens (including phenoxy) is 3. The Morgan fingerprint density at radius 2 is 1.63 bits per heavy atom. The predicted octanol–water partition coefficient (Wildman–Crippen LogP) is 0.678. The monoisotopic (exact) mass is 837 g/mol. The molecule has 0 bridgehead atoms. The van der Waals surface area contributed by atoms with Crippen molar-refractivity contribution in [3.05, 3.63) is 65.4 Å². The molecule has 7 amide bonds. The summed E-state index contributed by atoms with van der Waals surface area (Å²) in [5.41, 5.74) is 0.163. The zero-order chi connectivity index (χ0) is 42.8. The van der Waals surface area contributed by atoms with Gasteiger partial charge in [-0.25, -0.2) is 18.4 Å². The van der Waals surface area contributed by atoms with Crippen LogP contribution in [-0.4, -0.2) is 131 Å². The number of aliphatic hydroxyl groups is 1. The first-order valence-electron chi connectivity index (χ1n) is 19.7. The van der Waals surface area contributed by atoms with Crippen LogP contribution >= 0.6 is 0 Å². The minimum atomic E-state index is -1.75. The topological polar surface area (TPSA) is 225 Å². The summed E-state index contributed by atoms with van der Waals surface area (Å²) in [6.45, 7) is 2.33. The fourth-order valence-corrected chi connectivity index (χ4v) is 8.11. The molecule has 0 aromatic heterocycles. The molecule has 5 N–H and O–H groups in total. The number of fused-ring (bicyclic) bond motifs is 4. The Morgan fingerprint density at radius 3 is 2.40 bits per heavy atom. The van der Waals surface area contributed by atoms with E-state index in [4.69, 9.17) is 14.2 Å². The van der Waals surface area contributed by atoms with E-state index < -0.39 is 103 Å². The number of hydrogen-bond donors (Lipinski definition) is 5. The quantitative estimate of drug-likeness (QED) is 0.255. The van der Waals surface area contributed by atoms with Gasteiger partial charge in [0.15, 0.2) is 11.5 Å². The largest absolute Gasteiger partial charge is 0.461 e. The molecule has 3 fully saturated rings. The number of benzene rings is 2. The van der Waals surface area contributed by atoms with Gasteiger partial charge in [0.25, 0.3) is 5.91 Å². The van der Waals surface area contributed by atoms with E-state index in [-0.39, 0.29) is 62.1 Å². The van der Waals surface area contributed by atoms with Gasteiger partial charge in [0.05, 0.1) is 6.10 Å². The molecule has 0 radical (unpaired) electrons. The summed E-state index contributed by atoms with van der Waals surface area (Å²) in [7, 11) is 0. The van der Waals surface area contributed by atoms with Crippen molar-refractivity contribution in [3.8, 4) is 11.5 Å². The second-order valence-electron chi connectivity index (χ2n) is 15.6. The number of esters is 1. The molecular weight excluding hydrogens is 792 g/mol. The Morgan fingerprint density at radius 1 is 0.900 bits per heavy atom. The molecule has 7 rings (SSSR count). The molecule has 2 aromatic carbocycles. The van der Waals surface area contributed by atoms with Crippen LogP contribution < -0.4 is 30.7 Å². The first-order valence-corrected chi connectivity index (χ1v) is 19.7. The van der Waals surface area contributed by atoms with Crippen molar-refractivity contribution >= 4 is 47.2 Å². The lowest BCUT2D eigenvalue weighted by Gasteiger charge is -2.35. The minimum absolute atomic E-state index is 0.0270. The van der Waals surface area contributed by atoms with Gasteiger partial charge < -0.3 is 55.3 Å². The van der Waals surface area contributed by atoms with Crippen molar-refractivity contribution in [3.63, 3.8) is 0 Å². The molecule has 320 valence electrons. The van der Waals surface area contributed by atoms with Gasteiger partial charge in [-0.15, -0.1) is 0 Å². The second-order valence-corrected chi connectivity index (χ2v) is 15.6. The van der Waals surface area contributed by atoms with E-state index in [2.05, 4.69) is 21.3 Å². The highest BCUT2D eigenvalue weighted by molar-refractivity contribution is 6.02. The van der Waals surface area contributed by atoms with Crippen molar-refractivity contribution in [1.82, 2.24) is 30.7 Å². The summed E-state index contributed by atoms with van der Waals surface area (Å²) in [5, 5.41) is 21.0. The maximum Gasteiger partial charge on any atom is 0.328 e. The fraction of sp³-hybridized carbons (Fsp3) is 0.475. The third-order valence-corrected chi connectivity index (χ3v) is 11.0. The molecule has 5 aliphatic rings. The second kappa shape index (κ2) is 17.5. The molecule has 20 heteroatoms. The van der Waals surface area contributed by atoms with Gasteiger partial charge in [0.1, 0.15) is 54.1 Å². The van der Waals surface area contributed by atoms with Crippen LogP contribution in [0.3, 0.4) is 0 Å². The number of carbonyl (C=O) groups is 7. The molecule has 0 saturated carbocycles. The zero-order valence-corrected chi connectivity index (χ0v) is 32.8.